The number of halogens is 1. The second-order valence-electron chi connectivity index (χ2n) is 2.78. The number of rotatable bonds is 4. The summed E-state index contributed by atoms with van der Waals surface area (Å²) in [6.45, 7) is 11.7. The molecule has 0 atom stereocenters. The molecule has 0 aliphatic rings. The van der Waals surface area contributed by atoms with Crippen LogP contribution in [0.4, 0.5) is 0 Å². The fraction of sp³-hybridized carbons (Fsp3) is 0.273. The molecule has 0 aromatic heterocycles. The Balaban J connectivity index is 4.50. The molecule has 1 heteroatoms. The predicted molar refractivity (Wildman–Crippen MR) is 65.4 cm³/mol. The van der Waals surface area contributed by atoms with Gasteiger partial charge in [0.1, 0.15) is 0 Å². The van der Waals surface area contributed by atoms with Crippen LogP contribution in [0.15, 0.2) is 46.6 Å². The van der Waals surface area contributed by atoms with Crippen LogP contribution in [0.25, 0.3) is 0 Å². The van der Waals surface area contributed by atoms with Crippen molar-refractivity contribution in [3.05, 3.63) is 46.6 Å². The third-order valence-corrected chi connectivity index (χ3v) is 2.33. The van der Waals surface area contributed by atoms with Crippen molar-refractivity contribution in [2.45, 2.75) is 13.8 Å². The Labute approximate surface area is 88.9 Å². The van der Waals surface area contributed by atoms with Crippen LogP contribution in [0.2, 0.25) is 0 Å². The third-order valence-electron chi connectivity index (χ3n) is 1.53. The number of hydrogen-bond donors (Lipinski definition) is 0. The summed E-state index contributed by atoms with van der Waals surface area (Å²) in [4.78, 5) is 0. The average Bonchev–Trinajstić information content (AvgIpc) is 2.04. The average molecular weight is 274 g/mol. The van der Waals surface area contributed by atoms with Crippen molar-refractivity contribution >= 4 is 22.6 Å². The number of allylic oxidation sites excluding steroid dienone is 6. The van der Waals surface area contributed by atoms with Crippen molar-refractivity contribution in [2.75, 3.05) is 0 Å². The quantitative estimate of drug-likeness (QED) is 0.530. The molecule has 0 saturated carbocycles. The van der Waals surface area contributed by atoms with Gasteiger partial charge in [0.05, 0.1) is 0 Å². The van der Waals surface area contributed by atoms with Gasteiger partial charge in [-0.15, -0.1) is 0 Å². The first-order valence-electron chi connectivity index (χ1n) is 3.94. The Morgan fingerprint density at radius 1 is 1.17 bits per heavy atom. The first kappa shape index (κ1) is 11.7. The molecular weight excluding hydrogens is 259 g/mol. The molecule has 0 bridgehead atoms. The second kappa shape index (κ2) is 6.23. The van der Waals surface area contributed by atoms with Crippen LogP contribution in [-0.4, -0.2) is 0 Å². The molecule has 0 aliphatic heterocycles. The Morgan fingerprint density at radius 2 is 1.75 bits per heavy atom. The maximum absolute atomic E-state index is 3.76. The van der Waals surface area contributed by atoms with Gasteiger partial charge in [-0.1, -0.05) is 45.2 Å². The Hall–Kier alpha value is -0.310. The highest BCUT2D eigenvalue weighted by molar-refractivity contribution is 14.1. The molecule has 0 radical (unpaired) electrons. The normalized spacial score (nSPS) is 13.3. The van der Waals surface area contributed by atoms with Crippen LogP contribution in [0, 0.1) is 5.92 Å². The zero-order valence-corrected chi connectivity index (χ0v) is 9.84. The zero-order chi connectivity index (χ0) is 9.56. The highest BCUT2D eigenvalue weighted by Crippen LogP contribution is 2.13. The molecule has 0 aromatic rings. The summed E-state index contributed by atoms with van der Waals surface area (Å²) in [6, 6.07) is 0. The molecule has 0 nitrogen and oxygen atoms in total. The molecule has 0 N–H and O–H groups in total. The molecular formula is C11H15I. The molecule has 0 heterocycles. The van der Waals surface area contributed by atoms with Crippen molar-refractivity contribution in [3.8, 4) is 0 Å². The van der Waals surface area contributed by atoms with E-state index in [1.54, 1.807) is 0 Å². The first-order valence-corrected chi connectivity index (χ1v) is 5.02. The topological polar surface area (TPSA) is 0 Å². The Morgan fingerprint density at radius 3 is 2.08 bits per heavy atom. The maximum Gasteiger partial charge on any atom is 0.0124 e. The van der Waals surface area contributed by atoms with E-state index in [9.17, 15) is 0 Å². The van der Waals surface area contributed by atoms with E-state index in [4.69, 9.17) is 0 Å². The molecule has 0 spiro atoms. The summed E-state index contributed by atoms with van der Waals surface area (Å²) in [5.41, 5.74) is 1.26. The van der Waals surface area contributed by atoms with Crippen LogP contribution < -0.4 is 0 Å². The van der Waals surface area contributed by atoms with E-state index < -0.39 is 0 Å². The summed E-state index contributed by atoms with van der Waals surface area (Å²) >= 11 is 2.24. The van der Waals surface area contributed by atoms with Crippen LogP contribution in [-0.2, 0) is 0 Å². The van der Waals surface area contributed by atoms with Gasteiger partial charge in [0.15, 0.2) is 0 Å². The minimum absolute atomic E-state index is 0.535. The van der Waals surface area contributed by atoms with Crippen molar-refractivity contribution in [2.24, 2.45) is 5.92 Å². The van der Waals surface area contributed by atoms with Gasteiger partial charge in [0, 0.05) is 3.58 Å². The van der Waals surface area contributed by atoms with Gasteiger partial charge in [-0.25, -0.2) is 0 Å². The molecule has 0 aromatic carbocycles. The first-order chi connectivity index (χ1) is 5.61. The summed E-state index contributed by atoms with van der Waals surface area (Å²) in [5.74, 6) is 0.535. The fourth-order valence-electron chi connectivity index (χ4n) is 0.740. The fourth-order valence-corrected chi connectivity index (χ4v) is 0.920. The van der Waals surface area contributed by atoms with Crippen molar-refractivity contribution in [1.29, 1.82) is 0 Å². The van der Waals surface area contributed by atoms with Gasteiger partial charge in [-0.05, 0) is 40.2 Å². The molecule has 12 heavy (non-hydrogen) atoms. The van der Waals surface area contributed by atoms with Gasteiger partial charge < -0.3 is 0 Å². The number of hydrogen-bond acceptors (Lipinski definition) is 0. The molecule has 0 aliphatic carbocycles. The van der Waals surface area contributed by atoms with Crippen LogP contribution >= 0.6 is 22.6 Å². The third kappa shape index (κ3) is 4.54. The SMILES string of the molecule is C=C/C(=C\C=C(\I)C=C)C(C)C. The maximum atomic E-state index is 3.76. The summed E-state index contributed by atoms with van der Waals surface area (Å²) in [7, 11) is 0. The lowest BCUT2D eigenvalue weighted by atomic mass is 10.0. The molecule has 0 fully saturated rings. The lowest BCUT2D eigenvalue weighted by Crippen LogP contribution is -1.88. The summed E-state index contributed by atoms with van der Waals surface area (Å²) < 4.78 is 1.15. The smallest absolute Gasteiger partial charge is 0.0124 e. The van der Waals surface area contributed by atoms with E-state index in [-0.39, 0.29) is 0 Å². The van der Waals surface area contributed by atoms with Gasteiger partial charge in [-0.3, -0.25) is 0 Å². The van der Waals surface area contributed by atoms with E-state index in [1.807, 2.05) is 18.2 Å². The Kier molecular flexibility index (Phi) is 6.07. The molecule has 0 rings (SSSR count). The monoisotopic (exact) mass is 274 g/mol. The molecule has 0 amide bonds. The van der Waals surface area contributed by atoms with Crippen molar-refractivity contribution in [1.82, 2.24) is 0 Å². The van der Waals surface area contributed by atoms with Gasteiger partial charge in [-0.2, -0.15) is 0 Å². The standard InChI is InChI=1S/C11H15I/c1-5-10(9(3)4)7-8-11(12)6-2/h5-9H,1-2H2,3-4H3/b10-7+,11-8+. The second-order valence-corrected chi connectivity index (χ2v) is 4.03. The largest absolute Gasteiger partial charge is 0.0988 e. The minimum Gasteiger partial charge on any atom is -0.0988 e. The minimum atomic E-state index is 0.535. The summed E-state index contributed by atoms with van der Waals surface area (Å²) in [5, 5.41) is 0. The van der Waals surface area contributed by atoms with Crippen molar-refractivity contribution < 1.29 is 0 Å². The van der Waals surface area contributed by atoms with E-state index in [0.717, 1.165) is 3.58 Å². The van der Waals surface area contributed by atoms with Crippen molar-refractivity contribution in [3.63, 3.8) is 0 Å². The van der Waals surface area contributed by atoms with E-state index in [0.29, 0.717) is 5.92 Å². The molecule has 66 valence electrons. The zero-order valence-electron chi connectivity index (χ0n) is 7.68. The van der Waals surface area contributed by atoms with E-state index in [2.05, 4.69) is 55.7 Å². The van der Waals surface area contributed by atoms with Gasteiger partial charge in [0.25, 0.3) is 0 Å². The lowest BCUT2D eigenvalue weighted by Gasteiger charge is -2.03. The highest BCUT2D eigenvalue weighted by atomic mass is 127. The highest BCUT2D eigenvalue weighted by Gasteiger charge is 1.95. The van der Waals surface area contributed by atoms with E-state index >= 15 is 0 Å². The van der Waals surface area contributed by atoms with Gasteiger partial charge in [0.2, 0.25) is 0 Å². The van der Waals surface area contributed by atoms with Crippen LogP contribution in [0.1, 0.15) is 13.8 Å². The predicted octanol–water partition coefficient (Wildman–Crippen LogP) is 4.26. The molecule has 0 unspecified atom stereocenters. The molecule has 0 saturated heterocycles. The lowest BCUT2D eigenvalue weighted by molar-refractivity contribution is 0.792. The Bertz CT molecular complexity index is 219. The van der Waals surface area contributed by atoms with Crippen LogP contribution in [0.3, 0.4) is 0 Å². The van der Waals surface area contributed by atoms with E-state index in [1.165, 1.54) is 5.57 Å². The van der Waals surface area contributed by atoms with Gasteiger partial charge >= 0.3 is 0 Å². The van der Waals surface area contributed by atoms with Crippen LogP contribution in [0.5, 0.6) is 0 Å². The summed E-state index contributed by atoms with van der Waals surface area (Å²) in [6.07, 6.45) is 7.86.